The molecule has 0 aliphatic heterocycles. The van der Waals surface area contributed by atoms with E-state index in [-0.39, 0.29) is 5.92 Å². The first-order chi connectivity index (χ1) is 16.9. The van der Waals surface area contributed by atoms with Crippen LogP contribution in [0.5, 0.6) is 0 Å². The van der Waals surface area contributed by atoms with Gasteiger partial charge < -0.3 is 4.42 Å². The average Bonchev–Trinajstić information content (AvgIpc) is 3.21. The third kappa shape index (κ3) is 3.58. The summed E-state index contributed by atoms with van der Waals surface area (Å²) in [5.41, 5.74) is 7.42. The molecule has 0 bridgehead atoms. The molecule has 0 spiro atoms. The summed E-state index contributed by atoms with van der Waals surface area (Å²) in [7, 11) is 0. The minimum atomic E-state index is 0.212. The first-order valence-electron chi connectivity index (χ1n) is 12.5. The summed E-state index contributed by atoms with van der Waals surface area (Å²) in [5, 5.41) is 5.78. The van der Waals surface area contributed by atoms with Gasteiger partial charge in [0.15, 0.2) is 0 Å². The van der Waals surface area contributed by atoms with Gasteiger partial charge in [0.25, 0.3) is 0 Å². The van der Waals surface area contributed by atoms with Crippen molar-refractivity contribution in [1.82, 2.24) is 9.97 Å². The van der Waals surface area contributed by atoms with E-state index in [1.54, 1.807) is 0 Å². The van der Waals surface area contributed by atoms with Crippen LogP contribution in [0.15, 0.2) is 71.1 Å². The number of benzene rings is 4. The monoisotopic (exact) mass is 458 g/mol. The van der Waals surface area contributed by atoms with Crippen LogP contribution in [0.4, 0.5) is 0 Å². The van der Waals surface area contributed by atoms with Crippen molar-refractivity contribution in [2.24, 2.45) is 5.92 Å². The van der Waals surface area contributed by atoms with Gasteiger partial charge in [-0.3, -0.25) is 0 Å². The van der Waals surface area contributed by atoms with Gasteiger partial charge in [0, 0.05) is 33.0 Å². The summed E-state index contributed by atoms with van der Waals surface area (Å²) in [6, 6.07) is 23.7. The Morgan fingerprint density at radius 1 is 0.800 bits per heavy atom. The molecule has 0 fully saturated rings. The number of hydrogen-bond donors (Lipinski definition) is 0. The Labute approximate surface area is 205 Å². The summed E-state index contributed by atoms with van der Waals surface area (Å²) in [6.45, 7) is 11.1. The van der Waals surface area contributed by atoms with Crippen LogP contribution in [-0.4, -0.2) is 9.97 Å². The van der Waals surface area contributed by atoms with Gasteiger partial charge in [-0.2, -0.15) is 0 Å². The molecule has 174 valence electrons. The van der Waals surface area contributed by atoms with Crippen LogP contribution in [0.25, 0.3) is 54.9 Å². The molecule has 0 N–H and O–H groups in total. The van der Waals surface area contributed by atoms with E-state index in [1.807, 2.05) is 12.1 Å². The van der Waals surface area contributed by atoms with Gasteiger partial charge in [0.2, 0.25) is 0 Å². The van der Waals surface area contributed by atoms with Crippen molar-refractivity contribution < 1.29 is 4.42 Å². The van der Waals surface area contributed by atoms with Gasteiger partial charge >= 0.3 is 0 Å². The Kier molecular flexibility index (Phi) is 5.10. The molecule has 3 nitrogen and oxygen atoms in total. The second-order valence-corrected chi connectivity index (χ2v) is 10.4. The number of nitrogens with zero attached hydrogens (tertiary/aromatic N) is 2. The molecule has 0 saturated heterocycles. The number of aromatic nitrogens is 2. The Morgan fingerprint density at radius 2 is 1.60 bits per heavy atom. The highest BCUT2D eigenvalue weighted by Gasteiger charge is 2.19. The van der Waals surface area contributed by atoms with Gasteiger partial charge in [-0.1, -0.05) is 76.2 Å². The number of rotatable bonds is 4. The number of furan rings is 1. The zero-order valence-electron chi connectivity index (χ0n) is 21.0. The van der Waals surface area contributed by atoms with Gasteiger partial charge in [-0.25, -0.2) is 9.97 Å². The molecule has 2 heterocycles. The SMILES string of the molecule is Cc1cc(CC(C)C)cc2ccc3c(-c4cccc5c4oc4ccccc45)nc(C(C)C)nc3c12. The highest BCUT2D eigenvalue weighted by molar-refractivity contribution is 6.15. The number of aryl methyl sites for hydroxylation is 1. The predicted octanol–water partition coefficient (Wildman–Crippen LogP) is 8.98. The number of para-hydroxylation sites is 2. The van der Waals surface area contributed by atoms with Crippen molar-refractivity contribution >= 4 is 43.6 Å². The van der Waals surface area contributed by atoms with Crippen molar-refractivity contribution in [2.75, 3.05) is 0 Å². The van der Waals surface area contributed by atoms with Crippen LogP contribution in [-0.2, 0) is 6.42 Å². The standard InChI is InChI=1S/C32H30N2O/c1-18(2)15-21-16-20(5)28-22(17-21)13-14-25-29(33-32(19(3)4)34-30(25)28)26-11-8-10-24-23-9-6-7-12-27(23)35-31(24)26/h6-14,16-19H,15H2,1-5H3. The van der Waals surface area contributed by atoms with Crippen molar-refractivity contribution in [3.63, 3.8) is 0 Å². The molecule has 0 aliphatic rings. The van der Waals surface area contributed by atoms with Crippen LogP contribution in [0.3, 0.4) is 0 Å². The Balaban J connectivity index is 1.70. The molecule has 0 amide bonds. The maximum atomic E-state index is 6.39. The maximum Gasteiger partial charge on any atom is 0.144 e. The van der Waals surface area contributed by atoms with E-state index < -0.39 is 0 Å². The zero-order chi connectivity index (χ0) is 24.3. The minimum absolute atomic E-state index is 0.212. The fourth-order valence-corrected chi connectivity index (χ4v) is 5.34. The van der Waals surface area contributed by atoms with E-state index in [0.29, 0.717) is 5.92 Å². The number of fused-ring (bicyclic) bond motifs is 6. The summed E-state index contributed by atoms with van der Waals surface area (Å²) in [6.07, 6.45) is 1.08. The minimum Gasteiger partial charge on any atom is -0.455 e. The van der Waals surface area contributed by atoms with E-state index in [2.05, 4.69) is 89.2 Å². The lowest BCUT2D eigenvalue weighted by Crippen LogP contribution is -2.02. The molecular formula is C32H30N2O. The second-order valence-electron chi connectivity index (χ2n) is 10.4. The molecular weight excluding hydrogens is 428 g/mol. The smallest absolute Gasteiger partial charge is 0.144 e. The van der Waals surface area contributed by atoms with Crippen LogP contribution >= 0.6 is 0 Å². The van der Waals surface area contributed by atoms with Crippen molar-refractivity contribution in [1.29, 1.82) is 0 Å². The summed E-state index contributed by atoms with van der Waals surface area (Å²) >= 11 is 0. The molecule has 6 rings (SSSR count). The molecule has 0 atom stereocenters. The van der Waals surface area contributed by atoms with Crippen LogP contribution in [0.2, 0.25) is 0 Å². The lowest BCUT2D eigenvalue weighted by atomic mass is 9.93. The average molecular weight is 459 g/mol. The molecule has 0 unspecified atom stereocenters. The number of hydrogen-bond acceptors (Lipinski definition) is 3. The van der Waals surface area contributed by atoms with Crippen LogP contribution in [0, 0.1) is 12.8 Å². The highest BCUT2D eigenvalue weighted by atomic mass is 16.3. The van der Waals surface area contributed by atoms with Gasteiger partial charge in [0.05, 0.1) is 11.2 Å². The molecule has 0 saturated carbocycles. The van der Waals surface area contributed by atoms with E-state index in [9.17, 15) is 0 Å². The second kappa shape index (κ2) is 8.20. The van der Waals surface area contributed by atoms with E-state index in [1.165, 1.54) is 21.9 Å². The largest absolute Gasteiger partial charge is 0.455 e. The zero-order valence-corrected chi connectivity index (χ0v) is 21.0. The summed E-state index contributed by atoms with van der Waals surface area (Å²) < 4.78 is 6.39. The molecule has 6 aromatic rings. The molecule has 3 heteroatoms. The normalized spacial score (nSPS) is 12.2. The van der Waals surface area contributed by atoms with E-state index in [0.717, 1.165) is 56.3 Å². The lowest BCUT2D eigenvalue weighted by molar-refractivity contribution is 0.647. The Morgan fingerprint density at radius 3 is 2.40 bits per heavy atom. The molecule has 4 aromatic carbocycles. The van der Waals surface area contributed by atoms with Gasteiger partial charge in [-0.05, 0) is 54.0 Å². The van der Waals surface area contributed by atoms with Crippen molar-refractivity contribution in [2.45, 2.75) is 47.0 Å². The van der Waals surface area contributed by atoms with Crippen LogP contribution < -0.4 is 0 Å². The Hall–Kier alpha value is -3.72. The first kappa shape index (κ1) is 21.8. The molecule has 35 heavy (non-hydrogen) atoms. The third-order valence-electron chi connectivity index (χ3n) is 6.87. The molecule has 0 aliphatic carbocycles. The van der Waals surface area contributed by atoms with Crippen molar-refractivity contribution in [3.05, 3.63) is 83.7 Å². The summed E-state index contributed by atoms with van der Waals surface area (Å²) in [4.78, 5) is 10.2. The van der Waals surface area contributed by atoms with Gasteiger partial charge in [0.1, 0.15) is 17.0 Å². The van der Waals surface area contributed by atoms with Crippen molar-refractivity contribution in [3.8, 4) is 11.3 Å². The topological polar surface area (TPSA) is 38.9 Å². The molecule has 2 aromatic heterocycles. The van der Waals surface area contributed by atoms with E-state index >= 15 is 0 Å². The highest BCUT2D eigenvalue weighted by Crippen LogP contribution is 2.39. The van der Waals surface area contributed by atoms with Crippen LogP contribution in [0.1, 0.15) is 50.6 Å². The Bertz CT molecular complexity index is 1740. The summed E-state index contributed by atoms with van der Waals surface area (Å²) in [5.74, 6) is 1.70. The first-order valence-corrected chi connectivity index (χ1v) is 12.5. The quantitative estimate of drug-likeness (QED) is 0.247. The van der Waals surface area contributed by atoms with Gasteiger partial charge in [-0.15, -0.1) is 0 Å². The fourth-order valence-electron chi connectivity index (χ4n) is 5.34. The predicted molar refractivity (Wildman–Crippen MR) is 147 cm³/mol. The lowest BCUT2D eigenvalue weighted by Gasteiger charge is -2.15. The maximum absolute atomic E-state index is 6.39. The fraction of sp³-hybridized carbons (Fsp3) is 0.250. The molecule has 0 radical (unpaired) electrons. The van der Waals surface area contributed by atoms with E-state index in [4.69, 9.17) is 14.4 Å². The third-order valence-corrected chi connectivity index (χ3v) is 6.87.